The van der Waals surface area contributed by atoms with Crippen molar-refractivity contribution in [2.45, 2.75) is 68.9 Å². The molecule has 0 aromatic carbocycles. The molecular formula is C19H25N5O2S. The highest BCUT2D eigenvalue weighted by molar-refractivity contribution is 8.00. The Hall–Kier alpha value is -2.27. The van der Waals surface area contributed by atoms with Crippen molar-refractivity contribution >= 4 is 17.7 Å². The van der Waals surface area contributed by atoms with E-state index in [-0.39, 0.29) is 11.8 Å². The quantitative estimate of drug-likeness (QED) is 0.698. The highest BCUT2D eigenvalue weighted by Gasteiger charge is 2.34. The number of nitriles is 1. The summed E-state index contributed by atoms with van der Waals surface area (Å²) in [6.45, 7) is 7.95. The molecule has 27 heavy (non-hydrogen) atoms. The lowest BCUT2D eigenvalue weighted by Gasteiger charge is -2.28. The second-order valence-electron chi connectivity index (χ2n) is 7.50. The minimum atomic E-state index is -0.896. The molecule has 0 aliphatic heterocycles. The second kappa shape index (κ2) is 7.77. The van der Waals surface area contributed by atoms with Crippen molar-refractivity contribution in [2.75, 3.05) is 0 Å². The van der Waals surface area contributed by atoms with Gasteiger partial charge in [-0.25, -0.2) is 0 Å². The predicted molar refractivity (Wildman–Crippen MR) is 102 cm³/mol. The zero-order chi connectivity index (χ0) is 19.6. The summed E-state index contributed by atoms with van der Waals surface area (Å²) < 4.78 is 7.51. The maximum atomic E-state index is 12.6. The molecule has 2 aromatic rings. The molecule has 1 amide bonds. The van der Waals surface area contributed by atoms with E-state index in [9.17, 15) is 10.1 Å². The van der Waals surface area contributed by atoms with Crippen LogP contribution in [0.1, 0.15) is 58.0 Å². The number of nitrogens with one attached hydrogen (secondary N) is 1. The third-order valence-corrected chi connectivity index (χ3v) is 6.08. The molecule has 1 aliphatic rings. The molecule has 2 atom stereocenters. The molecular weight excluding hydrogens is 362 g/mol. The highest BCUT2D eigenvalue weighted by Crippen LogP contribution is 2.40. The molecule has 0 bridgehead atoms. The van der Waals surface area contributed by atoms with Gasteiger partial charge in [0.15, 0.2) is 5.16 Å². The van der Waals surface area contributed by atoms with Gasteiger partial charge in [0.2, 0.25) is 5.91 Å². The first-order chi connectivity index (χ1) is 12.8. The Morgan fingerprint density at radius 3 is 2.78 bits per heavy atom. The molecule has 1 N–H and O–H groups in total. The van der Waals surface area contributed by atoms with Crippen LogP contribution in [-0.2, 0) is 11.3 Å². The molecule has 0 radical (unpaired) electrons. The third kappa shape index (κ3) is 4.35. The Morgan fingerprint density at radius 1 is 1.48 bits per heavy atom. The minimum absolute atomic E-state index is 0.00715. The summed E-state index contributed by atoms with van der Waals surface area (Å²) in [5.74, 6) is 2.04. The van der Waals surface area contributed by atoms with Crippen LogP contribution < -0.4 is 5.32 Å². The summed E-state index contributed by atoms with van der Waals surface area (Å²) >= 11 is 1.36. The van der Waals surface area contributed by atoms with Gasteiger partial charge < -0.3 is 9.73 Å². The van der Waals surface area contributed by atoms with Crippen molar-refractivity contribution in [3.8, 4) is 6.07 Å². The molecule has 0 saturated heterocycles. The first kappa shape index (κ1) is 19.5. The molecule has 2 aromatic heterocycles. The lowest BCUT2D eigenvalue weighted by Crippen LogP contribution is -2.51. The monoisotopic (exact) mass is 387 g/mol. The van der Waals surface area contributed by atoms with Crippen LogP contribution in [0.2, 0.25) is 0 Å². The van der Waals surface area contributed by atoms with Gasteiger partial charge in [0.1, 0.15) is 17.1 Å². The van der Waals surface area contributed by atoms with Gasteiger partial charge in [0.05, 0.1) is 24.1 Å². The van der Waals surface area contributed by atoms with Gasteiger partial charge in [-0.3, -0.25) is 9.36 Å². The van der Waals surface area contributed by atoms with Crippen molar-refractivity contribution in [1.29, 1.82) is 5.26 Å². The fourth-order valence-corrected chi connectivity index (χ4v) is 3.46. The lowest BCUT2D eigenvalue weighted by atomic mass is 9.90. The highest BCUT2D eigenvalue weighted by atomic mass is 32.2. The van der Waals surface area contributed by atoms with Crippen molar-refractivity contribution < 1.29 is 9.21 Å². The molecule has 7 nitrogen and oxygen atoms in total. The van der Waals surface area contributed by atoms with Crippen LogP contribution in [0.3, 0.4) is 0 Å². The van der Waals surface area contributed by atoms with Gasteiger partial charge in [-0.2, -0.15) is 5.26 Å². The SMILES string of the molecule is CC(C)[C@](C)(C#N)NC(=O)[C@H](C)Sc1nnc(C2CC2)n1Cc1ccco1. The van der Waals surface area contributed by atoms with Crippen LogP contribution in [0.15, 0.2) is 28.0 Å². The van der Waals surface area contributed by atoms with E-state index in [1.807, 2.05) is 37.5 Å². The second-order valence-corrected chi connectivity index (χ2v) is 8.81. The number of carbonyl (C=O) groups excluding carboxylic acids is 1. The van der Waals surface area contributed by atoms with Crippen LogP contribution in [0.25, 0.3) is 0 Å². The number of thioether (sulfide) groups is 1. The third-order valence-electron chi connectivity index (χ3n) is 5.00. The number of hydrogen-bond donors (Lipinski definition) is 1. The van der Waals surface area contributed by atoms with Crippen molar-refractivity contribution in [2.24, 2.45) is 5.92 Å². The van der Waals surface area contributed by atoms with E-state index in [0.717, 1.165) is 24.4 Å². The molecule has 0 unspecified atom stereocenters. The standard InChI is InChI=1S/C19H25N5O2S/c1-12(2)19(4,11-20)21-17(25)13(3)27-18-23-22-16(14-7-8-14)24(18)10-15-6-5-9-26-15/h5-6,9,12-14H,7-8,10H2,1-4H3,(H,21,25)/t13-,19-/m0/s1. The van der Waals surface area contributed by atoms with Gasteiger partial charge in [-0.1, -0.05) is 25.6 Å². The fraction of sp³-hybridized carbons (Fsp3) is 0.579. The van der Waals surface area contributed by atoms with E-state index in [2.05, 4.69) is 21.6 Å². The van der Waals surface area contributed by atoms with Gasteiger partial charge in [-0.05, 0) is 44.7 Å². The van der Waals surface area contributed by atoms with Gasteiger partial charge in [-0.15, -0.1) is 10.2 Å². The average Bonchev–Trinajstić information content (AvgIpc) is 3.21. The Morgan fingerprint density at radius 2 is 2.22 bits per heavy atom. The number of rotatable bonds is 8. The topological polar surface area (TPSA) is 96.7 Å². The van der Waals surface area contributed by atoms with E-state index in [0.29, 0.717) is 17.6 Å². The number of hydrogen-bond acceptors (Lipinski definition) is 6. The predicted octanol–water partition coefficient (Wildman–Crippen LogP) is 3.33. The summed E-state index contributed by atoms with van der Waals surface area (Å²) in [6, 6.07) is 5.98. The van der Waals surface area contributed by atoms with Crippen molar-refractivity contribution in [3.63, 3.8) is 0 Å². The smallest absolute Gasteiger partial charge is 0.234 e. The Labute approximate surface area is 163 Å². The summed E-state index contributed by atoms with van der Waals surface area (Å²) in [7, 11) is 0. The Bertz CT molecular complexity index is 835. The molecule has 8 heteroatoms. The average molecular weight is 388 g/mol. The molecule has 2 heterocycles. The minimum Gasteiger partial charge on any atom is -0.467 e. The number of aromatic nitrogens is 3. The largest absolute Gasteiger partial charge is 0.467 e. The molecule has 1 fully saturated rings. The lowest BCUT2D eigenvalue weighted by molar-refractivity contribution is -0.121. The van der Waals surface area contributed by atoms with Crippen LogP contribution >= 0.6 is 11.8 Å². The molecule has 1 aliphatic carbocycles. The zero-order valence-electron chi connectivity index (χ0n) is 16.1. The number of carbonyl (C=O) groups is 1. The maximum Gasteiger partial charge on any atom is 0.234 e. The molecule has 0 spiro atoms. The van der Waals surface area contributed by atoms with Gasteiger partial charge >= 0.3 is 0 Å². The Balaban J connectivity index is 1.75. The molecule has 1 saturated carbocycles. The van der Waals surface area contributed by atoms with Crippen LogP contribution in [-0.4, -0.2) is 31.5 Å². The van der Waals surface area contributed by atoms with E-state index >= 15 is 0 Å². The summed E-state index contributed by atoms with van der Waals surface area (Å²) in [5, 5.41) is 21.3. The number of nitrogens with zero attached hydrogens (tertiary/aromatic N) is 4. The van der Waals surface area contributed by atoms with E-state index in [1.54, 1.807) is 13.2 Å². The summed E-state index contributed by atoms with van der Waals surface area (Å²) in [4.78, 5) is 12.6. The van der Waals surface area contributed by atoms with Crippen molar-refractivity contribution in [3.05, 3.63) is 30.0 Å². The zero-order valence-corrected chi connectivity index (χ0v) is 16.9. The van der Waals surface area contributed by atoms with Crippen LogP contribution in [0.4, 0.5) is 0 Å². The normalized spacial score (nSPS) is 17.3. The first-order valence-electron chi connectivity index (χ1n) is 9.19. The fourth-order valence-electron chi connectivity index (χ4n) is 2.61. The molecule has 3 rings (SSSR count). The van der Waals surface area contributed by atoms with E-state index < -0.39 is 10.8 Å². The van der Waals surface area contributed by atoms with Gasteiger partial charge in [0.25, 0.3) is 0 Å². The maximum absolute atomic E-state index is 12.6. The van der Waals surface area contributed by atoms with Crippen molar-refractivity contribution in [1.82, 2.24) is 20.1 Å². The summed E-state index contributed by atoms with van der Waals surface area (Å²) in [6.07, 6.45) is 3.88. The first-order valence-corrected chi connectivity index (χ1v) is 10.1. The van der Waals surface area contributed by atoms with Crippen LogP contribution in [0.5, 0.6) is 0 Å². The number of amides is 1. The Kier molecular flexibility index (Phi) is 5.61. The molecule has 144 valence electrons. The van der Waals surface area contributed by atoms with Gasteiger partial charge in [0, 0.05) is 5.92 Å². The number of furan rings is 1. The summed E-state index contributed by atoms with van der Waals surface area (Å²) in [5.41, 5.74) is -0.896. The van der Waals surface area contributed by atoms with E-state index in [1.165, 1.54) is 11.8 Å². The van der Waals surface area contributed by atoms with Crippen LogP contribution in [0, 0.1) is 17.2 Å². The van der Waals surface area contributed by atoms with E-state index in [4.69, 9.17) is 4.42 Å².